The number of hydrogen-bond acceptors (Lipinski definition) is 6. The van der Waals surface area contributed by atoms with E-state index >= 15 is 0 Å². The standard InChI is InChI=1S/C18H33N3O4/c1-5-24-16(22)14-19-10-12-20(13-11-19)15-6-8-21(9-7-15)17(23)25-18(2,3)4/h15H,5-14H2,1-4H3. The van der Waals surface area contributed by atoms with E-state index in [-0.39, 0.29) is 12.1 Å². The average Bonchev–Trinajstić information content (AvgIpc) is 2.54. The van der Waals surface area contributed by atoms with E-state index < -0.39 is 5.60 Å². The van der Waals surface area contributed by atoms with Crippen LogP contribution in [0.3, 0.4) is 0 Å². The van der Waals surface area contributed by atoms with Gasteiger partial charge in [-0.2, -0.15) is 0 Å². The fourth-order valence-electron chi connectivity index (χ4n) is 3.42. The van der Waals surface area contributed by atoms with Crippen LogP contribution in [0.1, 0.15) is 40.5 Å². The topological polar surface area (TPSA) is 62.3 Å². The van der Waals surface area contributed by atoms with E-state index in [1.807, 2.05) is 32.6 Å². The van der Waals surface area contributed by atoms with Gasteiger partial charge in [-0.05, 0) is 40.5 Å². The van der Waals surface area contributed by atoms with Crippen molar-refractivity contribution in [2.45, 2.75) is 52.2 Å². The predicted molar refractivity (Wildman–Crippen MR) is 95.5 cm³/mol. The van der Waals surface area contributed by atoms with Crippen LogP contribution in [0.2, 0.25) is 0 Å². The van der Waals surface area contributed by atoms with Crippen LogP contribution in [0.25, 0.3) is 0 Å². The second-order valence-corrected chi connectivity index (χ2v) is 7.82. The highest BCUT2D eigenvalue weighted by atomic mass is 16.6. The van der Waals surface area contributed by atoms with Gasteiger partial charge in [0.25, 0.3) is 0 Å². The Morgan fingerprint density at radius 2 is 1.60 bits per heavy atom. The lowest BCUT2D eigenvalue weighted by Gasteiger charge is -2.42. The molecule has 0 aromatic carbocycles. The molecule has 7 nitrogen and oxygen atoms in total. The van der Waals surface area contributed by atoms with Crippen LogP contribution in [0.4, 0.5) is 4.79 Å². The first-order chi connectivity index (χ1) is 11.8. The summed E-state index contributed by atoms with van der Waals surface area (Å²) in [5.41, 5.74) is -0.441. The third kappa shape index (κ3) is 6.47. The fraction of sp³-hybridized carbons (Fsp3) is 0.889. The Kier molecular flexibility index (Phi) is 7.07. The molecule has 0 atom stereocenters. The predicted octanol–water partition coefficient (Wildman–Crippen LogP) is 1.57. The Hall–Kier alpha value is -1.34. The monoisotopic (exact) mass is 355 g/mol. The highest BCUT2D eigenvalue weighted by Crippen LogP contribution is 2.20. The number of amides is 1. The first-order valence-electron chi connectivity index (χ1n) is 9.38. The fourth-order valence-corrected chi connectivity index (χ4v) is 3.42. The summed E-state index contributed by atoms with van der Waals surface area (Å²) in [5.74, 6) is -0.137. The van der Waals surface area contributed by atoms with E-state index in [9.17, 15) is 9.59 Å². The average molecular weight is 355 g/mol. The van der Waals surface area contributed by atoms with Crippen molar-refractivity contribution in [1.29, 1.82) is 0 Å². The van der Waals surface area contributed by atoms with Gasteiger partial charge in [-0.1, -0.05) is 0 Å². The minimum absolute atomic E-state index is 0.137. The lowest BCUT2D eigenvalue weighted by molar-refractivity contribution is -0.144. The van der Waals surface area contributed by atoms with Gasteiger partial charge in [0, 0.05) is 45.3 Å². The Labute approximate surface area is 151 Å². The van der Waals surface area contributed by atoms with Crippen LogP contribution in [-0.4, -0.2) is 90.8 Å². The summed E-state index contributed by atoms with van der Waals surface area (Å²) in [6, 6.07) is 0.517. The summed E-state index contributed by atoms with van der Waals surface area (Å²) in [7, 11) is 0. The van der Waals surface area contributed by atoms with Crippen LogP contribution in [-0.2, 0) is 14.3 Å². The number of likely N-dealkylation sites (tertiary alicyclic amines) is 1. The highest BCUT2D eigenvalue weighted by molar-refractivity contribution is 5.71. The maximum atomic E-state index is 12.1. The highest BCUT2D eigenvalue weighted by Gasteiger charge is 2.31. The molecule has 2 heterocycles. The number of nitrogens with zero attached hydrogens (tertiary/aromatic N) is 3. The van der Waals surface area contributed by atoms with Crippen molar-refractivity contribution >= 4 is 12.1 Å². The van der Waals surface area contributed by atoms with Gasteiger partial charge in [-0.25, -0.2) is 4.79 Å². The lowest BCUT2D eigenvalue weighted by Crippen LogP contribution is -2.54. The van der Waals surface area contributed by atoms with Crippen LogP contribution >= 0.6 is 0 Å². The zero-order valence-corrected chi connectivity index (χ0v) is 16.1. The summed E-state index contributed by atoms with van der Waals surface area (Å²) in [4.78, 5) is 30.2. The number of esters is 1. The molecule has 2 saturated heterocycles. The Morgan fingerprint density at radius 1 is 1.00 bits per heavy atom. The van der Waals surface area contributed by atoms with Crippen molar-refractivity contribution in [2.24, 2.45) is 0 Å². The molecule has 25 heavy (non-hydrogen) atoms. The van der Waals surface area contributed by atoms with E-state index in [4.69, 9.17) is 9.47 Å². The number of piperidine rings is 1. The summed E-state index contributed by atoms with van der Waals surface area (Å²) >= 11 is 0. The molecule has 1 amide bonds. The van der Waals surface area contributed by atoms with E-state index in [0.717, 1.165) is 52.1 Å². The van der Waals surface area contributed by atoms with E-state index in [1.165, 1.54) is 0 Å². The van der Waals surface area contributed by atoms with Crippen molar-refractivity contribution < 1.29 is 19.1 Å². The van der Waals surface area contributed by atoms with Gasteiger partial charge in [0.1, 0.15) is 5.60 Å². The van der Waals surface area contributed by atoms with Gasteiger partial charge < -0.3 is 14.4 Å². The van der Waals surface area contributed by atoms with Crippen LogP contribution in [0, 0.1) is 0 Å². The number of hydrogen-bond donors (Lipinski definition) is 0. The molecule has 0 saturated carbocycles. The third-order valence-corrected chi connectivity index (χ3v) is 4.70. The minimum atomic E-state index is -0.441. The van der Waals surface area contributed by atoms with Crippen LogP contribution in [0.5, 0.6) is 0 Å². The first-order valence-corrected chi connectivity index (χ1v) is 9.38. The summed E-state index contributed by atoms with van der Waals surface area (Å²) in [6.07, 6.45) is 1.76. The van der Waals surface area contributed by atoms with Crippen molar-refractivity contribution in [3.05, 3.63) is 0 Å². The van der Waals surface area contributed by atoms with Crippen molar-refractivity contribution in [3.63, 3.8) is 0 Å². The normalized spacial score (nSPS) is 21.2. The number of carbonyl (C=O) groups excluding carboxylic acids is 2. The molecule has 2 rings (SSSR count). The molecular weight excluding hydrogens is 322 g/mol. The number of piperazine rings is 1. The number of rotatable bonds is 4. The Balaban J connectivity index is 1.70. The van der Waals surface area contributed by atoms with Crippen molar-refractivity contribution in [1.82, 2.24) is 14.7 Å². The molecule has 0 bridgehead atoms. The zero-order valence-electron chi connectivity index (χ0n) is 16.1. The quantitative estimate of drug-likeness (QED) is 0.714. The lowest BCUT2D eigenvalue weighted by atomic mass is 10.0. The summed E-state index contributed by atoms with van der Waals surface area (Å²) < 4.78 is 10.5. The SMILES string of the molecule is CCOC(=O)CN1CCN(C2CCN(C(=O)OC(C)(C)C)CC2)CC1. The molecule has 2 aliphatic heterocycles. The Bertz CT molecular complexity index is 448. The number of ether oxygens (including phenoxy) is 2. The molecule has 0 N–H and O–H groups in total. The maximum Gasteiger partial charge on any atom is 0.410 e. The van der Waals surface area contributed by atoms with E-state index in [1.54, 1.807) is 0 Å². The van der Waals surface area contributed by atoms with Gasteiger partial charge in [-0.3, -0.25) is 14.6 Å². The van der Waals surface area contributed by atoms with Crippen LogP contribution < -0.4 is 0 Å². The van der Waals surface area contributed by atoms with Crippen molar-refractivity contribution in [2.75, 3.05) is 52.4 Å². The maximum absolute atomic E-state index is 12.1. The van der Waals surface area contributed by atoms with Crippen molar-refractivity contribution in [3.8, 4) is 0 Å². The van der Waals surface area contributed by atoms with E-state index in [2.05, 4.69) is 9.80 Å². The molecule has 2 aliphatic rings. The Morgan fingerprint density at radius 3 is 2.12 bits per heavy atom. The molecule has 0 aliphatic carbocycles. The van der Waals surface area contributed by atoms with Gasteiger partial charge in [0.2, 0.25) is 0 Å². The molecule has 0 aromatic heterocycles. The largest absolute Gasteiger partial charge is 0.465 e. The molecule has 2 fully saturated rings. The molecule has 7 heteroatoms. The summed E-state index contributed by atoms with van der Waals surface area (Å²) in [6.45, 7) is 13.6. The smallest absolute Gasteiger partial charge is 0.410 e. The van der Waals surface area contributed by atoms with Gasteiger partial charge in [0.05, 0.1) is 13.2 Å². The minimum Gasteiger partial charge on any atom is -0.465 e. The van der Waals surface area contributed by atoms with Gasteiger partial charge in [-0.15, -0.1) is 0 Å². The molecule has 0 radical (unpaired) electrons. The molecule has 0 aromatic rings. The van der Waals surface area contributed by atoms with Crippen LogP contribution in [0.15, 0.2) is 0 Å². The molecule has 144 valence electrons. The second-order valence-electron chi connectivity index (χ2n) is 7.82. The molecule has 0 unspecified atom stereocenters. The van der Waals surface area contributed by atoms with Gasteiger partial charge >= 0.3 is 12.1 Å². The van der Waals surface area contributed by atoms with Gasteiger partial charge in [0.15, 0.2) is 0 Å². The first kappa shape index (κ1) is 20.0. The van der Waals surface area contributed by atoms with E-state index in [0.29, 0.717) is 19.2 Å². The summed E-state index contributed by atoms with van der Waals surface area (Å²) in [5, 5.41) is 0. The third-order valence-electron chi connectivity index (χ3n) is 4.70. The molecule has 0 spiro atoms. The second kappa shape index (κ2) is 8.85. The molecular formula is C18H33N3O4. The zero-order chi connectivity index (χ0) is 18.4. The number of carbonyl (C=O) groups is 2.